The maximum Gasteiger partial charge on any atom is 0.254 e. The van der Waals surface area contributed by atoms with E-state index in [4.69, 9.17) is 4.74 Å². The summed E-state index contributed by atoms with van der Waals surface area (Å²) in [6, 6.07) is 1.96. The van der Waals surface area contributed by atoms with Gasteiger partial charge in [-0.3, -0.25) is 9.48 Å². The molecular formula is C16H27N3O2. The summed E-state index contributed by atoms with van der Waals surface area (Å²) < 4.78 is 7.30. The maximum atomic E-state index is 12.3. The monoisotopic (exact) mass is 293 g/mol. The standard InChI is InChI=1S/C16H27N3O2/c1-11(2)5-6-13-10-15(19(4)18-13)17-16(20)14-9-12(3)7-8-21-14/h10-12,14H,5-9H2,1-4H3,(H,17,20)/t12-,14-/m0/s1. The molecule has 5 nitrogen and oxygen atoms in total. The minimum absolute atomic E-state index is 0.0556. The molecule has 2 heterocycles. The maximum absolute atomic E-state index is 12.3. The van der Waals surface area contributed by atoms with Gasteiger partial charge < -0.3 is 10.1 Å². The second kappa shape index (κ2) is 7.07. The van der Waals surface area contributed by atoms with Gasteiger partial charge in [0.25, 0.3) is 5.91 Å². The topological polar surface area (TPSA) is 56.1 Å². The van der Waals surface area contributed by atoms with E-state index in [9.17, 15) is 4.79 Å². The molecule has 5 heteroatoms. The molecule has 1 amide bonds. The van der Waals surface area contributed by atoms with Gasteiger partial charge in [-0.2, -0.15) is 5.10 Å². The average Bonchev–Trinajstić information content (AvgIpc) is 2.77. The summed E-state index contributed by atoms with van der Waals surface area (Å²) in [4.78, 5) is 12.3. The number of ether oxygens (including phenoxy) is 1. The van der Waals surface area contributed by atoms with Gasteiger partial charge in [0, 0.05) is 19.7 Å². The van der Waals surface area contributed by atoms with Crippen LogP contribution < -0.4 is 5.32 Å². The van der Waals surface area contributed by atoms with E-state index in [-0.39, 0.29) is 12.0 Å². The van der Waals surface area contributed by atoms with Gasteiger partial charge in [-0.1, -0.05) is 20.8 Å². The Labute approximate surface area is 127 Å². The normalized spacial score (nSPS) is 22.5. The van der Waals surface area contributed by atoms with Crippen LogP contribution in [-0.4, -0.2) is 28.4 Å². The van der Waals surface area contributed by atoms with E-state index in [0.717, 1.165) is 37.2 Å². The lowest BCUT2D eigenvalue weighted by Gasteiger charge is -2.26. The molecule has 1 fully saturated rings. The molecule has 1 aromatic heterocycles. The van der Waals surface area contributed by atoms with E-state index in [1.54, 1.807) is 4.68 Å². The Kier molecular flexibility index (Phi) is 5.39. The van der Waals surface area contributed by atoms with Gasteiger partial charge in [0.05, 0.1) is 5.69 Å². The highest BCUT2D eigenvalue weighted by atomic mass is 16.5. The van der Waals surface area contributed by atoms with E-state index in [2.05, 4.69) is 31.2 Å². The molecule has 118 valence electrons. The predicted octanol–water partition coefficient (Wildman–Crippen LogP) is 2.76. The second-order valence-corrected chi connectivity index (χ2v) is 6.56. The molecule has 1 aromatic rings. The summed E-state index contributed by atoms with van der Waals surface area (Å²) in [5.41, 5.74) is 1.03. The lowest BCUT2D eigenvalue weighted by Crippen LogP contribution is -2.36. The number of nitrogens with one attached hydrogen (secondary N) is 1. The number of rotatable bonds is 5. The van der Waals surface area contributed by atoms with E-state index in [1.165, 1.54) is 0 Å². The van der Waals surface area contributed by atoms with E-state index in [0.29, 0.717) is 18.4 Å². The number of aromatic nitrogens is 2. The summed E-state index contributed by atoms with van der Waals surface area (Å²) in [6.45, 7) is 7.24. The number of hydrogen-bond acceptors (Lipinski definition) is 3. The summed E-state index contributed by atoms with van der Waals surface area (Å²) in [6.07, 6.45) is 3.55. The average molecular weight is 293 g/mol. The number of carbonyl (C=O) groups is 1. The summed E-state index contributed by atoms with van der Waals surface area (Å²) in [7, 11) is 1.86. The fourth-order valence-corrected chi connectivity index (χ4v) is 2.55. The molecule has 1 aliphatic rings. The van der Waals surface area contributed by atoms with Crippen LogP contribution in [0.4, 0.5) is 5.82 Å². The Balaban J connectivity index is 1.94. The highest BCUT2D eigenvalue weighted by Crippen LogP contribution is 2.21. The molecule has 0 saturated carbocycles. The molecular weight excluding hydrogens is 266 g/mol. The molecule has 21 heavy (non-hydrogen) atoms. The largest absolute Gasteiger partial charge is 0.368 e. The zero-order valence-corrected chi connectivity index (χ0v) is 13.6. The third kappa shape index (κ3) is 4.56. The van der Waals surface area contributed by atoms with E-state index in [1.807, 2.05) is 13.1 Å². The zero-order valence-electron chi connectivity index (χ0n) is 13.6. The molecule has 0 spiro atoms. The first-order valence-corrected chi connectivity index (χ1v) is 7.91. The van der Waals surface area contributed by atoms with Crippen molar-refractivity contribution < 1.29 is 9.53 Å². The van der Waals surface area contributed by atoms with Crippen molar-refractivity contribution >= 4 is 11.7 Å². The number of carbonyl (C=O) groups excluding carboxylic acids is 1. The molecule has 0 aromatic carbocycles. The number of aryl methyl sites for hydroxylation is 2. The molecule has 0 unspecified atom stereocenters. The highest BCUT2D eigenvalue weighted by molar-refractivity contribution is 5.93. The van der Waals surface area contributed by atoms with Crippen molar-refractivity contribution in [1.29, 1.82) is 0 Å². The van der Waals surface area contributed by atoms with Crippen LogP contribution in [0.15, 0.2) is 6.07 Å². The summed E-state index contributed by atoms with van der Waals surface area (Å²) in [5, 5.41) is 7.40. The molecule has 1 aliphatic heterocycles. The minimum Gasteiger partial charge on any atom is -0.368 e. The first kappa shape index (κ1) is 16.0. The van der Waals surface area contributed by atoms with Gasteiger partial charge in [-0.25, -0.2) is 0 Å². The molecule has 0 bridgehead atoms. The van der Waals surface area contributed by atoms with E-state index < -0.39 is 0 Å². The number of anilines is 1. The first-order valence-electron chi connectivity index (χ1n) is 7.91. The van der Waals surface area contributed by atoms with Gasteiger partial charge in [0.2, 0.25) is 0 Å². The van der Waals surface area contributed by atoms with Crippen molar-refractivity contribution in [2.75, 3.05) is 11.9 Å². The van der Waals surface area contributed by atoms with Crippen molar-refractivity contribution in [3.05, 3.63) is 11.8 Å². The third-order valence-electron chi connectivity index (χ3n) is 4.00. The van der Waals surface area contributed by atoms with Crippen LogP contribution in [-0.2, 0) is 23.0 Å². The van der Waals surface area contributed by atoms with Crippen LogP contribution in [0.3, 0.4) is 0 Å². The van der Waals surface area contributed by atoms with Crippen LogP contribution in [0.5, 0.6) is 0 Å². The molecule has 1 N–H and O–H groups in total. The Morgan fingerprint density at radius 3 is 3.00 bits per heavy atom. The second-order valence-electron chi connectivity index (χ2n) is 6.56. The molecule has 0 aliphatic carbocycles. The van der Waals surface area contributed by atoms with Gasteiger partial charge in [-0.05, 0) is 37.5 Å². The molecule has 0 radical (unpaired) electrons. The van der Waals surface area contributed by atoms with Gasteiger partial charge in [0.15, 0.2) is 0 Å². The Bertz CT molecular complexity index is 482. The van der Waals surface area contributed by atoms with Gasteiger partial charge in [0.1, 0.15) is 11.9 Å². The van der Waals surface area contributed by atoms with Gasteiger partial charge >= 0.3 is 0 Å². The fraction of sp³-hybridized carbons (Fsp3) is 0.750. The van der Waals surface area contributed by atoms with Crippen molar-refractivity contribution in [2.24, 2.45) is 18.9 Å². The SMILES string of the molecule is CC(C)CCc1cc(NC(=O)[C@@H]2C[C@@H](C)CCO2)n(C)n1. The van der Waals surface area contributed by atoms with Crippen LogP contribution in [0.1, 0.15) is 45.7 Å². The van der Waals surface area contributed by atoms with Crippen LogP contribution in [0, 0.1) is 11.8 Å². The van der Waals surface area contributed by atoms with Crippen molar-refractivity contribution in [3.63, 3.8) is 0 Å². The fourth-order valence-electron chi connectivity index (χ4n) is 2.55. The van der Waals surface area contributed by atoms with Crippen molar-refractivity contribution in [3.8, 4) is 0 Å². The lowest BCUT2D eigenvalue weighted by molar-refractivity contribution is -0.131. The highest BCUT2D eigenvalue weighted by Gasteiger charge is 2.26. The van der Waals surface area contributed by atoms with Crippen LogP contribution >= 0.6 is 0 Å². The number of hydrogen-bond donors (Lipinski definition) is 1. The smallest absolute Gasteiger partial charge is 0.254 e. The summed E-state index contributed by atoms with van der Waals surface area (Å²) >= 11 is 0. The van der Waals surface area contributed by atoms with Crippen molar-refractivity contribution in [2.45, 2.75) is 52.6 Å². The Morgan fingerprint density at radius 2 is 2.33 bits per heavy atom. The Hall–Kier alpha value is -1.36. The minimum atomic E-state index is -0.331. The first-order chi connectivity index (χ1) is 9.95. The Morgan fingerprint density at radius 1 is 1.57 bits per heavy atom. The molecule has 2 rings (SSSR count). The van der Waals surface area contributed by atoms with Crippen molar-refractivity contribution in [1.82, 2.24) is 9.78 Å². The predicted molar refractivity (Wildman–Crippen MR) is 83.1 cm³/mol. The van der Waals surface area contributed by atoms with Crippen LogP contribution in [0.2, 0.25) is 0 Å². The van der Waals surface area contributed by atoms with E-state index >= 15 is 0 Å². The van der Waals surface area contributed by atoms with Crippen LogP contribution in [0.25, 0.3) is 0 Å². The zero-order chi connectivity index (χ0) is 15.4. The summed E-state index contributed by atoms with van der Waals surface area (Å²) in [5.74, 6) is 1.89. The number of nitrogens with zero attached hydrogens (tertiary/aromatic N) is 2. The van der Waals surface area contributed by atoms with Gasteiger partial charge in [-0.15, -0.1) is 0 Å². The number of amides is 1. The quantitative estimate of drug-likeness (QED) is 0.908. The molecule has 1 saturated heterocycles. The molecule has 2 atom stereocenters. The lowest BCUT2D eigenvalue weighted by atomic mass is 9.97. The third-order valence-corrected chi connectivity index (χ3v) is 4.00.